The van der Waals surface area contributed by atoms with Gasteiger partial charge < -0.3 is 4.74 Å². The molecule has 3 rings (SSSR count). The van der Waals surface area contributed by atoms with Crippen molar-refractivity contribution in [3.05, 3.63) is 0 Å². The lowest BCUT2D eigenvalue weighted by atomic mass is 9.87. The van der Waals surface area contributed by atoms with E-state index in [2.05, 4.69) is 24.1 Å². The van der Waals surface area contributed by atoms with Gasteiger partial charge in [-0.15, -0.1) is 0 Å². The molecule has 2 fully saturated rings. The van der Waals surface area contributed by atoms with Crippen LogP contribution in [0.4, 0.5) is 0 Å². The molecule has 1 saturated carbocycles. The Balaban J connectivity index is 2.16. The molecule has 1 aliphatic carbocycles. The molecule has 0 aromatic rings. The van der Waals surface area contributed by atoms with Gasteiger partial charge in [0.25, 0.3) is 10.9 Å². The van der Waals surface area contributed by atoms with Crippen LogP contribution in [-0.2, 0) is 4.74 Å². The Morgan fingerprint density at radius 3 is 2.70 bits per heavy atom. The molecule has 2 heterocycles. The Morgan fingerprint density at radius 2 is 2.20 bits per heavy atom. The van der Waals surface area contributed by atoms with Gasteiger partial charge in [0.2, 0.25) is 0 Å². The van der Waals surface area contributed by atoms with Gasteiger partial charge in [0.1, 0.15) is 0 Å². The molecule has 1 spiro atoms. The van der Waals surface area contributed by atoms with Gasteiger partial charge in [0, 0.05) is 11.2 Å². The molecule has 1 saturated heterocycles. The van der Waals surface area contributed by atoms with Gasteiger partial charge in [-0.2, -0.15) is 10.5 Å². The number of fused-ring (bicyclic) bond motifs is 2. The average molecular weight is 291 g/mol. The third kappa shape index (κ3) is 1.02. The van der Waals surface area contributed by atoms with E-state index in [-0.39, 0.29) is 0 Å². The minimum Gasteiger partial charge on any atom is -0.327 e. The fourth-order valence-electron chi connectivity index (χ4n) is 4.41. The van der Waals surface area contributed by atoms with Crippen molar-refractivity contribution >= 4 is 17.6 Å². The first-order chi connectivity index (χ1) is 9.52. The summed E-state index contributed by atoms with van der Waals surface area (Å²) in [5.74, 6) is 1.23. The molecule has 3 aliphatic rings. The van der Waals surface area contributed by atoms with Gasteiger partial charge in [-0.1, -0.05) is 38.5 Å². The van der Waals surface area contributed by atoms with E-state index >= 15 is 0 Å². The molecule has 4 atom stereocenters. The molecule has 6 heteroatoms. The van der Waals surface area contributed by atoms with E-state index in [4.69, 9.17) is 10.5 Å². The molecule has 0 unspecified atom stereocenters. The Kier molecular flexibility index (Phi) is 2.68. The summed E-state index contributed by atoms with van der Waals surface area (Å²) in [5, 5.41) is 18.9. The van der Waals surface area contributed by atoms with Crippen LogP contribution in [0.2, 0.25) is 0 Å². The van der Waals surface area contributed by atoms with E-state index in [1.807, 2.05) is 6.92 Å². The molecule has 0 radical (unpaired) electrons. The van der Waals surface area contributed by atoms with E-state index in [9.17, 15) is 10.5 Å². The van der Waals surface area contributed by atoms with E-state index in [0.717, 1.165) is 25.0 Å². The number of amidine groups is 1. The third-order valence-corrected chi connectivity index (χ3v) is 6.72. The van der Waals surface area contributed by atoms with E-state index in [0.29, 0.717) is 12.4 Å². The van der Waals surface area contributed by atoms with Crippen molar-refractivity contribution in [1.29, 1.82) is 10.5 Å². The summed E-state index contributed by atoms with van der Waals surface area (Å²) < 4.78 is 5.90. The zero-order chi connectivity index (χ0) is 14.6. The lowest BCUT2D eigenvalue weighted by molar-refractivity contribution is -0.585. The van der Waals surface area contributed by atoms with Crippen LogP contribution in [0.5, 0.6) is 0 Å². The highest BCUT2D eigenvalue weighted by atomic mass is 32.2. The van der Waals surface area contributed by atoms with Crippen LogP contribution in [0.1, 0.15) is 33.1 Å². The van der Waals surface area contributed by atoms with Gasteiger partial charge in [0.05, 0.1) is 18.7 Å². The summed E-state index contributed by atoms with van der Waals surface area (Å²) in [6.45, 7) is 4.72. The number of unbranched alkanes of at least 4 members (excludes halogenated alkanes) is 1. The standard InChI is InChI=1S/C14H18N4OS/c1-3-4-5-11(2)12(8-15)10(17)18-14(13(11,12)9-16)19-6-7-20-14/h3-7H2,1-2H3,(H2,17,18)/p+1/t11-,12-,13+,14+/m0/s1. The molecule has 3 N–H and O–H groups in total. The number of ether oxygens (including phenoxy) is 1. The number of thioether (sulfide) groups is 1. The fourth-order valence-corrected chi connectivity index (χ4v) is 5.86. The minimum absolute atomic E-state index is 0.412. The smallest absolute Gasteiger partial charge is 0.277 e. The Morgan fingerprint density at radius 1 is 1.45 bits per heavy atom. The number of rotatable bonds is 3. The lowest BCUT2D eigenvalue weighted by Gasteiger charge is -2.27. The molecule has 20 heavy (non-hydrogen) atoms. The van der Waals surface area contributed by atoms with E-state index < -0.39 is 21.3 Å². The second kappa shape index (κ2) is 3.90. The topological polar surface area (TPSA) is 96.8 Å². The van der Waals surface area contributed by atoms with Crippen LogP contribution < -0.4 is 10.7 Å². The van der Waals surface area contributed by atoms with Crippen molar-refractivity contribution in [2.45, 2.75) is 38.2 Å². The van der Waals surface area contributed by atoms with Gasteiger partial charge in [0.15, 0.2) is 10.8 Å². The third-order valence-electron chi connectivity index (χ3n) is 5.41. The zero-order valence-corrected chi connectivity index (χ0v) is 12.6. The lowest BCUT2D eigenvalue weighted by Crippen LogP contribution is -2.88. The van der Waals surface area contributed by atoms with Crippen molar-refractivity contribution < 1.29 is 9.73 Å². The normalized spacial score (nSPS) is 48.5. The van der Waals surface area contributed by atoms with Crippen molar-refractivity contribution in [2.75, 3.05) is 12.4 Å². The number of nitrogens with zero attached hydrogens (tertiary/aromatic N) is 2. The quantitative estimate of drug-likeness (QED) is 0.768. The van der Waals surface area contributed by atoms with Gasteiger partial charge >= 0.3 is 0 Å². The second-order valence-electron chi connectivity index (χ2n) is 6.01. The molecular weight excluding hydrogens is 272 g/mol. The van der Waals surface area contributed by atoms with E-state index in [1.165, 1.54) is 0 Å². The largest absolute Gasteiger partial charge is 0.327 e. The predicted molar refractivity (Wildman–Crippen MR) is 75.0 cm³/mol. The first-order valence-electron chi connectivity index (χ1n) is 7.03. The highest BCUT2D eigenvalue weighted by molar-refractivity contribution is 8.00. The SMILES string of the molecule is CCCC[C@@]1(C)[C@]2(C#N)C(N)=[NH+][C@@]3(OCCS3)[C@]12C#N. The van der Waals surface area contributed by atoms with Gasteiger partial charge in [-0.05, 0) is 6.42 Å². The molecule has 0 amide bonds. The maximum Gasteiger partial charge on any atom is 0.277 e. The summed E-state index contributed by atoms with van der Waals surface area (Å²) in [6.07, 6.45) is 2.84. The van der Waals surface area contributed by atoms with Crippen LogP contribution in [0, 0.1) is 38.9 Å². The predicted octanol–water partition coefficient (Wildman–Crippen LogP) is 0.0851. The molecule has 0 bridgehead atoms. The van der Waals surface area contributed by atoms with Crippen LogP contribution >= 0.6 is 11.8 Å². The Bertz CT molecular complexity index is 571. The van der Waals surface area contributed by atoms with Gasteiger partial charge in [-0.25, -0.2) is 4.99 Å². The molecular formula is C14H19N4OS+. The van der Waals surface area contributed by atoms with Gasteiger partial charge in [-0.3, -0.25) is 5.73 Å². The number of hydrogen-bond donors (Lipinski definition) is 2. The summed E-state index contributed by atoms with van der Waals surface area (Å²) in [5.41, 5.74) is 3.91. The monoisotopic (exact) mass is 291 g/mol. The summed E-state index contributed by atoms with van der Waals surface area (Å²) in [7, 11) is 0. The Hall–Kier alpha value is -1.24. The molecule has 2 aliphatic heterocycles. The minimum atomic E-state index is -0.929. The number of nitrogens with one attached hydrogen (secondary N) is 1. The number of hydrogen-bond acceptors (Lipinski definition) is 5. The summed E-state index contributed by atoms with van der Waals surface area (Å²) in [6, 6.07) is 4.80. The van der Waals surface area contributed by atoms with Crippen LogP contribution in [0.15, 0.2) is 0 Å². The molecule has 0 aromatic heterocycles. The van der Waals surface area contributed by atoms with Crippen molar-refractivity contribution in [3.8, 4) is 12.1 Å². The second-order valence-corrected chi connectivity index (χ2v) is 7.28. The highest BCUT2D eigenvalue weighted by Gasteiger charge is 3.01. The first-order valence-corrected chi connectivity index (χ1v) is 8.02. The maximum atomic E-state index is 9.94. The number of nitrogens with two attached hydrogens (primary N) is 1. The zero-order valence-electron chi connectivity index (χ0n) is 11.8. The first kappa shape index (κ1) is 13.7. The fraction of sp³-hybridized carbons (Fsp3) is 0.786. The summed E-state index contributed by atoms with van der Waals surface area (Å²) in [4.78, 5) is 3.13. The Labute approximate surface area is 123 Å². The molecule has 5 nitrogen and oxygen atoms in total. The molecule has 0 aromatic carbocycles. The number of nitriles is 2. The molecule has 106 valence electrons. The maximum absolute atomic E-state index is 9.94. The van der Waals surface area contributed by atoms with Crippen LogP contribution in [0.25, 0.3) is 0 Å². The van der Waals surface area contributed by atoms with E-state index in [1.54, 1.807) is 11.8 Å². The van der Waals surface area contributed by atoms with Crippen LogP contribution in [0.3, 0.4) is 0 Å². The van der Waals surface area contributed by atoms with Crippen molar-refractivity contribution in [1.82, 2.24) is 0 Å². The van der Waals surface area contributed by atoms with Crippen LogP contribution in [-0.4, -0.2) is 23.3 Å². The summed E-state index contributed by atoms with van der Waals surface area (Å²) >= 11 is 1.57. The van der Waals surface area contributed by atoms with Crippen molar-refractivity contribution in [2.24, 2.45) is 22.0 Å². The van der Waals surface area contributed by atoms with Crippen molar-refractivity contribution in [3.63, 3.8) is 0 Å². The highest BCUT2D eigenvalue weighted by Crippen LogP contribution is 2.85. The average Bonchev–Trinajstić information content (AvgIpc) is 2.75.